The number of hydrogen-bond acceptors (Lipinski definition) is 4. The van der Waals surface area contributed by atoms with E-state index in [0.29, 0.717) is 17.1 Å². The van der Waals surface area contributed by atoms with Gasteiger partial charge in [0, 0.05) is 17.1 Å². The second-order valence-corrected chi connectivity index (χ2v) is 7.99. The number of thiazole rings is 1. The Kier molecular flexibility index (Phi) is 7.62. The van der Waals surface area contributed by atoms with E-state index in [0.717, 1.165) is 33.9 Å². The fourth-order valence-electron chi connectivity index (χ4n) is 2.82. The first-order chi connectivity index (χ1) is 12.5. The molecule has 0 bridgehead atoms. The summed E-state index contributed by atoms with van der Waals surface area (Å²) < 4.78 is 1.00. The van der Waals surface area contributed by atoms with E-state index in [-0.39, 0.29) is 18.3 Å². The smallest absolute Gasteiger partial charge is 0.260 e. The minimum atomic E-state index is -0.0211. The lowest BCUT2D eigenvalue weighted by Crippen LogP contribution is -2.33. The molecule has 0 atom stereocenters. The van der Waals surface area contributed by atoms with E-state index in [1.807, 2.05) is 63.5 Å². The van der Waals surface area contributed by atoms with Crippen LogP contribution in [0.5, 0.6) is 0 Å². The first-order valence-corrected chi connectivity index (χ1v) is 9.73. The molecule has 0 aliphatic heterocycles. The maximum atomic E-state index is 13.1. The van der Waals surface area contributed by atoms with Crippen molar-refractivity contribution in [2.24, 2.45) is 0 Å². The van der Waals surface area contributed by atoms with Crippen LogP contribution in [0.1, 0.15) is 22.3 Å². The molecule has 0 spiro atoms. The number of anilines is 1. The highest BCUT2D eigenvalue weighted by molar-refractivity contribution is 7.22. The molecule has 4 nitrogen and oxygen atoms in total. The quantitative estimate of drug-likeness (QED) is 0.540. The fraction of sp³-hybridized carbons (Fsp3) is 0.300. The Hall–Kier alpha value is -1.66. The number of hydrogen-bond donors (Lipinski definition) is 0. The van der Waals surface area contributed by atoms with Crippen molar-refractivity contribution in [3.63, 3.8) is 0 Å². The monoisotopic (exact) mass is 423 g/mol. The molecule has 0 unspecified atom stereocenters. The fourth-order valence-corrected chi connectivity index (χ4v) is 4.27. The van der Waals surface area contributed by atoms with Gasteiger partial charge in [-0.25, -0.2) is 4.98 Å². The molecule has 27 heavy (non-hydrogen) atoms. The topological polar surface area (TPSA) is 36.4 Å². The van der Waals surface area contributed by atoms with Gasteiger partial charge < -0.3 is 4.90 Å². The zero-order valence-corrected chi connectivity index (χ0v) is 18.0. The summed E-state index contributed by atoms with van der Waals surface area (Å²) in [4.78, 5) is 21.8. The van der Waals surface area contributed by atoms with Gasteiger partial charge in [0.15, 0.2) is 5.13 Å². The van der Waals surface area contributed by atoms with Crippen LogP contribution in [0.15, 0.2) is 42.5 Å². The van der Waals surface area contributed by atoms with E-state index < -0.39 is 0 Å². The maximum Gasteiger partial charge on any atom is 0.260 e. The number of nitrogens with zero attached hydrogens (tertiary/aromatic N) is 3. The summed E-state index contributed by atoms with van der Waals surface area (Å²) in [6.45, 7) is 3.53. The van der Waals surface area contributed by atoms with Crippen molar-refractivity contribution in [1.82, 2.24) is 9.88 Å². The first-order valence-electron chi connectivity index (χ1n) is 8.54. The number of carbonyl (C=O) groups excluding carboxylic acids is 1. The predicted molar refractivity (Wildman–Crippen MR) is 118 cm³/mol. The van der Waals surface area contributed by atoms with Gasteiger partial charge in [0.2, 0.25) is 0 Å². The van der Waals surface area contributed by atoms with Gasteiger partial charge in [-0.15, -0.1) is 12.4 Å². The van der Waals surface area contributed by atoms with Crippen LogP contribution >= 0.6 is 35.3 Å². The highest BCUT2D eigenvalue weighted by Gasteiger charge is 2.21. The maximum absolute atomic E-state index is 13.1. The van der Waals surface area contributed by atoms with Gasteiger partial charge in [-0.2, -0.15) is 0 Å². The van der Waals surface area contributed by atoms with Gasteiger partial charge in [0.1, 0.15) is 0 Å². The van der Waals surface area contributed by atoms with E-state index >= 15 is 0 Å². The third-order valence-electron chi connectivity index (χ3n) is 4.12. The molecule has 1 aromatic heterocycles. The molecule has 144 valence electrons. The van der Waals surface area contributed by atoms with Crippen molar-refractivity contribution in [2.75, 3.05) is 32.1 Å². The molecular weight excluding hydrogens is 401 g/mol. The number of fused-ring (bicyclic) bond motifs is 1. The molecule has 1 heterocycles. The van der Waals surface area contributed by atoms with E-state index in [1.165, 1.54) is 11.3 Å². The molecule has 3 rings (SSSR count). The van der Waals surface area contributed by atoms with Crippen LogP contribution in [0.2, 0.25) is 5.02 Å². The summed E-state index contributed by atoms with van der Waals surface area (Å²) >= 11 is 7.69. The summed E-state index contributed by atoms with van der Waals surface area (Å²) in [5.41, 5.74) is 2.61. The molecule has 0 N–H and O–H groups in total. The van der Waals surface area contributed by atoms with Crippen molar-refractivity contribution < 1.29 is 4.79 Å². The van der Waals surface area contributed by atoms with E-state index in [1.54, 1.807) is 4.90 Å². The summed E-state index contributed by atoms with van der Waals surface area (Å²) in [7, 11) is 4.07. The third kappa shape index (κ3) is 5.20. The minimum absolute atomic E-state index is 0. The molecule has 7 heteroatoms. The Morgan fingerprint density at radius 1 is 1.15 bits per heavy atom. The molecule has 0 aliphatic rings. The molecule has 2 aromatic carbocycles. The van der Waals surface area contributed by atoms with Crippen LogP contribution < -0.4 is 4.90 Å². The molecule has 3 aromatic rings. The van der Waals surface area contributed by atoms with E-state index in [9.17, 15) is 4.79 Å². The Bertz CT molecular complexity index is 912. The average Bonchev–Trinajstić information content (AvgIpc) is 3.02. The van der Waals surface area contributed by atoms with Crippen LogP contribution in [0.25, 0.3) is 10.2 Å². The lowest BCUT2D eigenvalue weighted by molar-refractivity contribution is 0.0986. The second-order valence-electron chi connectivity index (χ2n) is 6.55. The van der Waals surface area contributed by atoms with Gasteiger partial charge in [0.05, 0.1) is 10.2 Å². The zero-order valence-electron chi connectivity index (χ0n) is 15.6. The van der Waals surface area contributed by atoms with Gasteiger partial charge in [0.25, 0.3) is 5.91 Å². The predicted octanol–water partition coefficient (Wildman–Crippen LogP) is 5.28. The summed E-state index contributed by atoms with van der Waals surface area (Å²) in [6, 6.07) is 13.2. The molecular formula is C20H23Cl2N3OS. The highest BCUT2D eigenvalue weighted by atomic mass is 35.5. The Labute approximate surface area is 175 Å². The van der Waals surface area contributed by atoms with Gasteiger partial charge >= 0.3 is 0 Å². The number of benzene rings is 2. The van der Waals surface area contributed by atoms with Crippen molar-refractivity contribution >= 4 is 56.6 Å². The lowest BCUT2D eigenvalue weighted by atomic mass is 10.2. The number of aryl methyl sites for hydroxylation is 1. The summed E-state index contributed by atoms with van der Waals surface area (Å²) in [5.74, 6) is -0.0211. The van der Waals surface area contributed by atoms with Crippen molar-refractivity contribution in [3.05, 3.63) is 58.6 Å². The highest BCUT2D eigenvalue weighted by Crippen LogP contribution is 2.33. The number of halogens is 2. The zero-order chi connectivity index (χ0) is 18.7. The van der Waals surface area contributed by atoms with Crippen molar-refractivity contribution in [2.45, 2.75) is 13.3 Å². The SMILES string of the molecule is Cc1cc(Cl)cc2sc(N(CCCN(C)C)C(=O)c3ccccc3)nc12.Cl. The second kappa shape index (κ2) is 9.51. The van der Waals surface area contributed by atoms with Crippen LogP contribution in [-0.4, -0.2) is 43.0 Å². The molecule has 0 saturated heterocycles. The van der Waals surface area contributed by atoms with Crippen molar-refractivity contribution in [3.8, 4) is 0 Å². The van der Waals surface area contributed by atoms with Crippen molar-refractivity contribution in [1.29, 1.82) is 0 Å². The average molecular weight is 424 g/mol. The van der Waals surface area contributed by atoms with E-state index in [4.69, 9.17) is 16.6 Å². The number of amides is 1. The normalized spacial score (nSPS) is 10.9. The lowest BCUT2D eigenvalue weighted by Gasteiger charge is -2.21. The largest absolute Gasteiger partial charge is 0.309 e. The summed E-state index contributed by atoms with van der Waals surface area (Å²) in [6.07, 6.45) is 0.876. The van der Waals surface area contributed by atoms with E-state index in [2.05, 4.69) is 4.90 Å². The molecule has 1 amide bonds. The standard InChI is InChI=1S/C20H22ClN3OS.ClH/c1-14-12-16(21)13-17-18(14)22-20(26-17)24(11-7-10-23(2)3)19(25)15-8-5-4-6-9-15;/h4-6,8-9,12-13H,7,10-11H2,1-3H3;1H. The molecule has 0 aliphatic carbocycles. The number of carbonyl (C=O) groups is 1. The number of aromatic nitrogens is 1. The third-order valence-corrected chi connectivity index (χ3v) is 5.37. The van der Waals surface area contributed by atoms with Gasteiger partial charge in [-0.1, -0.05) is 41.1 Å². The van der Waals surface area contributed by atoms with Crippen LogP contribution in [0.3, 0.4) is 0 Å². The van der Waals surface area contributed by atoms with Crippen LogP contribution in [-0.2, 0) is 0 Å². The Balaban J connectivity index is 0.00000261. The minimum Gasteiger partial charge on any atom is -0.309 e. The van der Waals surface area contributed by atoms with Crippen LogP contribution in [0, 0.1) is 6.92 Å². The van der Waals surface area contributed by atoms with Crippen LogP contribution in [0.4, 0.5) is 5.13 Å². The summed E-state index contributed by atoms with van der Waals surface area (Å²) in [5, 5.41) is 1.41. The molecule has 0 radical (unpaired) electrons. The molecule has 0 fully saturated rings. The Morgan fingerprint density at radius 3 is 2.52 bits per heavy atom. The van der Waals surface area contributed by atoms with Gasteiger partial charge in [-0.05, 0) is 63.8 Å². The Morgan fingerprint density at radius 2 is 1.85 bits per heavy atom. The first kappa shape index (κ1) is 21.6. The number of rotatable bonds is 6. The molecule has 0 saturated carbocycles. The van der Waals surface area contributed by atoms with Gasteiger partial charge in [-0.3, -0.25) is 9.69 Å².